The molecule has 31 heavy (non-hydrogen) atoms. The molecule has 0 atom stereocenters. The Balaban J connectivity index is 1.55. The van der Waals surface area contributed by atoms with Crippen molar-refractivity contribution >= 4 is 22.4 Å². The molecule has 2 aromatic carbocycles. The molecule has 5 rings (SSSR count). The molecule has 2 aliphatic rings. The van der Waals surface area contributed by atoms with Crippen molar-refractivity contribution in [3.8, 4) is 5.75 Å². The van der Waals surface area contributed by atoms with Crippen molar-refractivity contribution in [3.05, 3.63) is 53.3 Å². The highest BCUT2D eigenvalue weighted by Gasteiger charge is 2.29. The predicted octanol–water partition coefficient (Wildman–Crippen LogP) is 3.55. The van der Waals surface area contributed by atoms with Crippen molar-refractivity contribution in [1.82, 2.24) is 9.97 Å². The lowest BCUT2D eigenvalue weighted by atomic mass is 10.0. The van der Waals surface area contributed by atoms with E-state index in [1.54, 1.807) is 7.11 Å². The summed E-state index contributed by atoms with van der Waals surface area (Å²) in [7, 11) is 3.76. The standard InChI is InChI=1S/C25H30N4O2/c1-28(14-15-30)19-8-9-22-21(16-19)25(27-24(26-22)18-6-7-18)29-12-10-17-4-3-5-23(31-2)20(17)11-13-29/h3-5,8-9,16,18,30H,6-7,10-15H2,1-2H3. The van der Waals surface area contributed by atoms with Crippen molar-refractivity contribution in [1.29, 1.82) is 0 Å². The molecule has 6 nitrogen and oxygen atoms in total. The van der Waals surface area contributed by atoms with Crippen LogP contribution in [0.2, 0.25) is 0 Å². The van der Waals surface area contributed by atoms with Crippen molar-refractivity contribution in [3.63, 3.8) is 0 Å². The third-order valence-electron chi connectivity index (χ3n) is 6.53. The first kappa shape index (κ1) is 20.1. The van der Waals surface area contributed by atoms with Gasteiger partial charge in [-0.1, -0.05) is 12.1 Å². The van der Waals surface area contributed by atoms with Gasteiger partial charge in [-0.2, -0.15) is 0 Å². The number of nitrogens with zero attached hydrogens (tertiary/aromatic N) is 4. The number of likely N-dealkylation sites (N-methyl/N-ethyl adjacent to an activating group) is 1. The number of ether oxygens (including phenoxy) is 1. The molecule has 0 radical (unpaired) electrons. The average Bonchev–Trinajstić information content (AvgIpc) is 3.65. The lowest BCUT2D eigenvalue weighted by Crippen LogP contribution is -2.28. The van der Waals surface area contributed by atoms with E-state index in [2.05, 4.69) is 46.2 Å². The Labute approximate surface area is 183 Å². The molecule has 1 saturated carbocycles. The molecule has 6 heteroatoms. The Bertz CT molecular complexity index is 1100. The van der Waals surface area contributed by atoms with E-state index >= 15 is 0 Å². The van der Waals surface area contributed by atoms with Gasteiger partial charge >= 0.3 is 0 Å². The predicted molar refractivity (Wildman–Crippen MR) is 124 cm³/mol. The summed E-state index contributed by atoms with van der Waals surface area (Å²) in [6.45, 7) is 2.55. The molecule has 0 amide bonds. The van der Waals surface area contributed by atoms with E-state index in [0.29, 0.717) is 12.5 Å². The Morgan fingerprint density at radius 1 is 1.13 bits per heavy atom. The zero-order chi connectivity index (χ0) is 21.4. The van der Waals surface area contributed by atoms with Crippen LogP contribution in [-0.4, -0.2) is 55.5 Å². The lowest BCUT2D eigenvalue weighted by molar-refractivity contribution is 0.304. The SMILES string of the molecule is COc1cccc2c1CCN(c1nc(C3CC3)nc3ccc(N(C)CCO)cc13)CC2. The van der Waals surface area contributed by atoms with Gasteiger partial charge in [-0.05, 0) is 61.1 Å². The van der Waals surface area contributed by atoms with Crippen molar-refractivity contribution in [2.45, 2.75) is 31.6 Å². The normalized spacial score (nSPS) is 16.2. The van der Waals surface area contributed by atoms with Crippen molar-refractivity contribution < 1.29 is 9.84 Å². The maximum absolute atomic E-state index is 9.35. The number of aromatic nitrogens is 2. The molecule has 0 unspecified atom stereocenters. The van der Waals surface area contributed by atoms with Gasteiger partial charge in [-0.3, -0.25) is 0 Å². The van der Waals surface area contributed by atoms with E-state index in [4.69, 9.17) is 14.7 Å². The van der Waals surface area contributed by atoms with Gasteiger partial charge in [0.1, 0.15) is 17.4 Å². The monoisotopic (exact) mass is 418 g/mol. The van der Waals surface area contributed by atoms with Gasteiger partial charge in [0.05, 0.1) is 19.2 Å². The largest absolute Gasteiger partial charge is 0.496 e. The van der Waals surface area contributed by atoms with Gasteiger partial charge in [-0.25, -0.2) is 9.97 Å². The maximum Gasteiger partial charge on any atom is 0.140 e. The molecule has 2 heterocycles. The Hall–Kier alpha value is -2.86. The Morgan fingerprint density at radius 2 is 1.97 bits per heavy atom. The third-order valence-corrected chi connectivity index (χ3v) is 6.53. The van der Waals surface area contributed by atoms with Crippen LogP contribution in [0.5, 0.6) is 5.75 Å². The number of hydrogen-bond acceptors (Lipinski definition) is 6. The molecule has 0 saturated heterocycles. The van der Waals surface area contributed by atoms with E-state index < -0.39 is 0 Å². The minimum atomic E-state index is 0.130. The van der Waals surface area contributed by atoms with E-state index in [0.717, 1.165) is 59.9 Å². The Morgan fingerprint density at radius 3 is 2.74 bits per heavy atom. The van der Waals surface area contributed by atoms with Crippen LogP contribution in [0.4, 0.5) is 11.5 Å². The second-order valence-electron chi connectivity index (χ2n) is 8.61. The number of fused-ring (bicyclic) bond motifs is 2. The number of benzene rings is 2. The lowest BCUT2D eigenvalue weighted by Gasteiger charge is -2.25. The minimum absolute atomic E-state index is 0.130. The molecule has 1 N–H and O–H groups in total. The van der Waals surface area contributed by atoms with Gasteiger partial charge in [-0.15, -0.1) is 0 Å². The summed E-state index contributed by atoms with van der Waals surface area (Å²) < 4.78 is 5.63. The van der Waals surface area contributed by atoms with Crippen molar-refractivity contribution in [2.24, 2.45) is 0 Å². The van der Waals surface area contributed by atoms with Gasteiger partial charge in [0.15, 0.2) is 0 Å². The number of methoxy groups -OCH3 is 1. The molecular formula is C25H30N4O2. The summed E-state index contributed by atoms with van der Waals surface area (Å²) in [6.07, 6.45) is 4.28. The van der Waals surface area contributed by atoms with Crippen LogP contribution in [0.3, 0.4) is 0 Å². The fraction of sp³-hybridized carbons (Fsp3) is 0.440. The van der Waals surface area contributed by atoms with Gasteiger partial charge in [0, 0.05) is 43.7 Å². The number of rotatable bonds is 6. The molecular weight excluding hydrogens is 388 g/mol. The molecule has 1 fully saturated rings. The summed E-state index contributed by atoms with van der Waals surface area (Å²) in [5.41, 5.74) is 4.76. The van der Waals surface area contributed by atoms with Crippen LogP contribution < -0.4 is 14.5 Å². The topological polar surface area (TPSA) is 61.7 Å². The first-order chi connectivity index (χ1) is 15.2. The summed E-state index contributed by atoms with van der Waals surface area (Å²) >= 11 is 0. The van der Waals surface area contributed by atoms with E-state index in [1.807, 2.05) is 7.05 Å². The second-order valence-corrected chi connectivity index (χ2v) is 8.61. The molecule has 1 aromatic heterocycles. The minimum Gasteiger partial charge on any atom is -0.496 e. The molecule has 162 valence electrons. The highest BCUT2D eigenvalue weighted by Crippen LogP contribution is 2.40. The molecule has 0 spiro atoms. The summed E-state index contributed by atoms with van der Waals surface area (Å²) in [6, 6.07) is 12.7. The van der Waals surface area contributed by atoms with Crippen LogP contribution >= 0.6 is 0 Å². The second kappa shape index (κ2) is 8.35. The molecule has 3 aromatic rings. The van der Waals surface area contributed by atoms with E-state index in [-0.39, 0.29) is 6.61 Å². The van der Waals surface area contributed by atoms with Gasteiger partial charge in [0.2, 0.25) is 0 Å². The van der Waals surface area contributed by atoms with E-state index in [1.165, 1.54) is 24.0 Å². The fourth-order valence-corrected chi connectivity index (χ4v) is 4.55. The molecule has 1 aliphatic heterocycles. The maximum atomic E-state index is 9.35. The van der Waals surface area contributed by atoms with Crippen LogP contribution in [0.1, 0.15) is 35.7 Å². The number of hydrogen-bond donors (Lipinski definition) is 1. The van der Waals surface area contributed by atoms with Crippen LogP contribution in [0.25, 0.3) is 10.9 Å². The smallest absolute Gasteiger partial charge is 0.140 e. The van der Waals surface area contributed by atoms with Gasteiger partial charge < -0.3 is 19.6 Å². The third kappa shape index (κ3) is 3.92. The number of anilines is 2. The zero-order valence-corrected chi connectivity index (χ0v) is 18.3. The number of aliphatic hydroxyl groups excluding tert-OH is 1. The van der Waals surface area contributed by atoms with Gasteiger partial charge in [0.25, 0.3) is 0 Å². The molecule has 1 aliphatic carbocycles. The average molecular weight is 419 g/mol. The first-order valence-electron chi connectivity index (χ1n) is 11.2. The highest BCUT2D eigenvalue weighted by molar-refractivity contribution is 5.92. The Kier molecular flexibility index (Phi) is 5.40. The number of aliphatic hydroxyl groups is 1. The summed E-state index contributed by atoms with van der Waals surface area (Å²) in [5, 5.41) is 10.4. The first-order valence-corrected chi connectivity index (χ1v) is 11.2. The molecule has 0 bridgehead atoms. The van der Waals surface area contributed by atoms with Crippen LogP contribution in [0.15, 0.2) is 36.4 Å². The quantitative estimate of drug-likeness (QED) is 0.661. The summed E-state index contributed by atoms with van der Waals surface area (Å²) in [5.74, 6) is 3.51. The van der Waals surface area contributed by atoms with Crippen LogP contribution in [0, 0.1) is 0 Å². The summed E-state index contributed by atoms with van der Waals surface area (Å²) in [4.78, 5) is 14.5. The fourth-order valence-electron chi connectivity index (χ4n) is 4.55. The van der Waals surface area contributed by atoms with E-state index in [9.17, 15) is 5.11 Å². The highest BCUT2D eigenvalue weighted by atomic mass is 16.5. The zero-order valence-electron chi connectivity index (χ0n) is 18.3. The van der Waals surface area contributed by atoms with Crippen LogP contribution in [-0.2, 0) is 12.8 Å². The van der Waals surface area contributed by atoms with Crippen molar-refractivity contribution in [2.75, 3.05) is 50.2 Å².